The van der Waals surface area contributed by atoms with Crippen molar-refractivity contribution in [3.05, 3.63) is 20.8 Å². The topological polar surface area (TPSA) is 61.4 Å². The van der Waals surface area contributed by atoms with Crippen molar-refractivity contribution in [2.24, 2.45) is 0 Å². The molecule has 0 saturated carbocycles. The molecule has 1 aromatic heterocycles. The average Bonchev–Trinajstić information content (AvgIpc) is 2.98. The number of thiophene rings is 1. The molecule has 0 bridgehead atoms. The summed E-state index contributed by atoms with van der Waals surface area (Å²) in [6, 6.07) is -0.0298. The first-order valence-electron chi connectivity index (χ1n) is 6.17. The average molecular weight is 346 g/mol. The number of hydrogen-bond donors (Lipinski definition) is 2. The van der Waals surface area contributed by atoms with Crippen LogP contribution < -0.4 is 10.6 Å². The molecule has 7 heteroatoms. The SMILES string of the molecule is CCNC(=O)N1CCC(NC(=O)c2cscc2Br)C1. The van der Waals surface area contributed by atoms with Gasteiger partial charge in [-0.2, -0.15) is 11.3 Å². The molecular formula is C12H16BrN3O2S. The second-order valence-electron chi connectivity index (χ2n) is 4.37. The molecule has 2 heterocycles. The van der Waals surface area contributed by atoms with Crippen molar-refractivity contribution in [2.75, 3.05) is 19.6 Å². The molecule has 1 aliphatic rings. The Labute approximate surface area is 124 Å². The van der Waals surface area contributed by atoms with Crippen molar-refractivity contribution in [2.45, 2.75) is 19.4 Å². The van der Waals surface area contributed by atoms with Crippen LogP contribution in [0, 0.1) is 0 Å². The standard InChI is InChI=1S/C12H16BrN3O2S/c1-2-14-12(18)16-4-3-8(5-16)15-11(17)9-6-19-7-10(9)13/h6-8H,2-5H2,1H3,(H,14,18)(H,15,17). The van der Waals surface area contributed by atoms with E-state index in [4.69, 9.17) is 0 Å². The molecule has 1 aliphatic heterocycles. The number of carbonyl (C=O) groups excluding carboxylic acids is 2. The number of rotatable bonds is 3. The van der Waals surface area contributed by atoms with Gasteiger partial charge in [-0.1, -0.05) is 0 Å². The number of likely N-dealkylation sites (tertiary alicyclic amines) is 1. The highest BCUT2D eigenvalue weighted by Gasteiger charge is 2.27. The Balaban J connectivity index is 1.87. The fraction of sp³-hybridized carbons (Fsp3) is 0.500. The van der Waals surface area contributed by atoms with Gasteiger partial charge in [0.15, 0.2) is 0 Å². The number of carbonyl (C=O) groups is 2. The van der Waals surface area contributed by atoms with E-state index >= 15 is 0 Å². The van der Waals surface area contributed by atoms with E-state index < -0.39 is 0 Å². The van der Waals surface area contributed by atoms with Gasteiger partial charge in [0.1, 0.15) is 0 Å². The highest BCUT2D eigenvalue weighted by Crippen LogP contribution is 2.21. The predicted molar refractivity (Wildman–Crippen MR) is 78.5 cm³/mol. The van der Waals surface area contributed by atoms with Gasteiger partial charge < -0.3 is 15.5 Å². The summed E-state index contributed by atoms with van der Waals surface area (Å²) >= 11 is 4.83. The van der Waals surface area contributed by atoms with Crippen LogP contribution in [0.2, 0.25) is 0 Å². The summed E-state index contributed by atoms with van der Waals surface area (Å²) in [5, 5.41) is 9.43. The third-order valence-electron chi connectivity index (χ3n) is 3.00. The lowest BCUT2D eigenvalue weighted by Gasteiger charge is -2.17. The van der Waals surface area contributed by atoms with E-state index in [-0.39, 0.29) is 18.0 Å². The second-order valence-corrected chi connectivity index (χ2v) is 5.97. The lowest BCUT2D eigenvalue weighted by molar-refractivity contribution is 0.0937. The van der Waals surface area contributed by atoms with Crippen molar-refractivity contribution < 1.29 is 9.59 Å². The second kappa shape index (κ2) is 6.38. The summed E-state index contributed by atoms with van der Waals surface area (Å²) in [6.45, 7) is 3.76. The normalized spacial score (nSPS) is 18.4. The minimum Gasteiger partial charge on any atom is -0.347 e. The van der Waals surface area contributed by atoms with Gasteiger partial charge in [-0.15, -0.1) is 0 Å². The largest absolute Gasteiger partial charge is 0.347 e. The summed E-state index contributed by atoms with van der Waals surface area (Å²) < 4.78 is 0.813. The zero-order valence-corrected chi connectivity index (χ0v) is 13.0. The van der Waals surface area contributed by atoms with Crippen molar-refractivity contribution in [3.8, 4) is 0 Å². The smallest absolute Gasteiger partial charge is 0.317 e. The Morgan fingerprint density at radius 2 is 2.32 bits per heavy atom. The fourth-order valence-corrected chi connectivity index (χ4v) is 3.49. The Morgan fingerprint density at radius 1 is 1.53 bits per heavy atom. The van der Waals surface area contributed by atoms with Crippen LogP contribution in [-0.4, -0.2) is 42.5 Å². The predicted octanol–water partition coefficient (Wildman–Crippen LogP) is 2.04. The van der Waals surface area contributed by atoms with E-state index in [1.54, 1.807) is 4.90 Å². The van der Waals surface area contributed by atoms with E-state index in [1.165, 1.54) is 11.3 Å². The molecule has 1 fully saturated rings. The fourth-order valence-electron chi connectivity index (χ4n) is 2.03. The lowest BCUT2D eigenvalue weighted by Crippen LogP contribution is -2.42. The minimum absolute atomic E-state index is 0.0295. The molecule has 0 radical (unpaired) electrons. The van der Waals surface area contributed by atoms with Crippen LogP contribution in [0.1, 0.15) is 23.7 Å². The van der Waals surface area contributed by atoms with Gasteiger partial charge >= 0.3 is 6.03 Å². The van der Waals surface area contributed by atoms with Crippen LogP contribution in [0.15, 0.2) is 15.2 Å². The van der Waals surface area contributed by atoms with Gasteiger partial charge in [0.25, 0.3) is 5.91 Å². The van der Waals surface area contributed by atoms with Gasteiger partial charge in [0, 0.05) is 40.9 Å². The van der Waals surface area contributed by atoms with Crippen LogP contribution >= 0.6 is 27.3 Å². The number of urea groups is 1. The molecule has 3 amide bonds. The molecule has 19 heavy (non-hydrogen) atoms. The molecule has 0 aliphatic carbocycles. The third-order valence-corrected chi connectivity index (χ3v) is 4.70. The van der Waals surface area contributed by atoms with Crippen molar-refractivity contribution in [1.29, 1.82) is 0 Å². The summed E-state index contributed by atoms with van der Waals surface area (Å²) in [7, 11) is 0. The van der Waals surface area contributed by atoms with E-state index in [9.17, 15) is 9.59 Å². The van der Waals surface area contributed by atoms with Crippen LogP contribution in [-0.2, 0) is 0 Å². The van der Waals surface area contributed by atoms with Crippen LogP contribution in [0.4, 0.5) is 4.79 Å². The maximum Gasteiger partial charge on any atom is 0.317 e. The lowest BCUT2D eigenvalue weighted by atomic mass is 10.2. The highest BCUT2D eigenvalue weighted by molar-refractivity contribution is 9.10. The van der Waals surface area contributed by atoms with Crippen molar-refractivity contribution in [1.82, 2.24) is 15.5 Å². The zero-order valence-electron chi connectivity index (χ0n) is 10.6. The third kappa shape index (κ3) is 3.48. The number of nitrogens with one attached hydrogen (secondary N) is 2. The number of nitrogens with zero attached hydrogens (tertiary/aromatic N) is 1. The molecule has 104 valence electrons. The number of hydrogen-bond acceptors (Lipinski definition) is 3. The maximum absolute atomic E-state index is 12.0. The molecule has 2 rings (SSSR count). The number of halogens is 1. The van der Waals surface area contributed by atoms with Crippen molar-refractivity contribution in [3.63, 3.8) is 0 Å². The van der Waals surface area contributed by atoms with Crippen LogP contribution in [0.5, 0.6) is 0 Å². The van der Waals surface area contributed by atoms with E-state index in [1.807, 2.05) is 17.7 Å². The van der Waals surface area contributed by atoms with Gasteiger partial charge in [0.2, 0.25) is 0 Å². The molecule has 5 nitrogen and oxygen atoms in total. The minimum atomic E-state index is -0.0872. The first kappa shape index (κ1) is 14.3. The summed E-state index contributed by atoms with van der Waals surface area (Å²) in [4.78, 5) is 25.4. The molecular weight excluding hydrogens is 330 g/mol. The summed E-state index contributed by atoms with van der Waals surface area (Å²) in [5.41, 5.74) is 0.654. The first-order valence-corrected chi connectivity index (χ1v) is 7.90. The van der Waals surface area contributed by atoms with Gasteiger partial charge in [-0.25, -0.2) is 4.79 Å². The Bertz CT molecular complexity index is 477. The number of amides is 3. The van der Waals surface area contributed by atoms with E-state index in [0.29, 0.717) is 25.2 Å². The summed E-state index contributed by atoms with van der Waals surface area (Å²) in [6.07, 6.45) is 0.796. The van der Waals surface area contributed by atoms with Crippen molar-refractivity contribution >= 4 is 39.2 Å². The quantitative estimate of drug-likeness (QED) is 0.880. The Kier molecular flexibility index (Phi) is 4.81. The molecule has 0 spiro atoms. The Hall–Kier alpha value is -1.08. The van der Waals surface area contributed by atoms with Gasteiger partial charge in [-0.3, -0.25) is 4.79 Å². The van der Waals surface area contributed by atoms with Crippen LogP contribution in [0.25, 0.3) is 0 Å². The molecule has 1 saturated heterocycles. The van der Waals surface area contributed by atoms with E-state index in [0.717, 1.165) is 10.9 Å². The molecule has 1 aromatic rings. The van der Waals surface area contributed by atoms with Gasteiger partial charge in [-0.05, 0) is 29.3 Å². The van der Waals surface area contributed by atoms with Crippen LogP contribution in [0.3, 0.4) is 0 Å². The molecule has 0 aromatic carbocycles. The molecule has 1 unspecified atom stereocenters. The van der Waals surface area contributed by atoms with E-state index in [2.05, 4.69) is 26.6 Å². The monoisotopic (exact) mass is 345 g/mol. The van der Waals surface area contributed by atoms with Gasteiger partial charge in [0.05, 0.1) is 5.56 Å². The Morgan fingerprint density at radius 3 is 2.95 bits per heavy atom. The molecule has 2 N–H and O–H groups in total. The molecule has 1 atom stereocenters. The zero-order chi connectivity index (χ0) is 13.8. The summed E-state index contributed by atoms with van der Waals surface area (Å²) in [5.74, 6) is -0.0872. The first-order chi connectivity index (χ1) is 9.11. The highest BCUT2D eigenvalue weighted by atomic mass is 79.9. The maximum atomic E-state index is 12.0.